The van der Waals surface area contributed by atoms with E-state index in [4.69, 9.17) is 21.3 Å². The number of guanidine groups is 1. The fourth-order valence-electron chi connectivity index (χ4n) is 4.71. The lowest BCUT2D eigenvalue weighted by Crippen LogP contribution is -2.54. The third-order valence-corrected chi connectivity index (χ3v) is 6.65. The molecule has 0 aliphatic carbocycles. The number of rotatable bonds is 5. The minimum Gasteiger partial charge on any atom is -0.373 e. The van der Waals surface area contributed by atoms with Gasteiger partial charge in [-0.2, -0.15) is 0 Å². The van der Waals surface area contributed by atoms with E-state index in [1.807, 2.05) is 29.2 Å². The molecule has 31 heavy (non-hydrogen) atoms. The van der Waals surface area contributed by atoms with Gasteiger partial charge >= 0.3 is 0 Å². The number of benzene rings is 1. The van der Waals surface area contributed by atoms with Crippen LogP contribution in [0, 0.1) is 0 Å². The number of carbonyl (C=O) groups excluding carboxylic acids is 1. The molecule has 0 spiro atoms. The van der Waals surface area contributed by atoms with Crippen LogP contribution in [-0.2, 0) is 16.0 Å². The van der Waals surface area contributed by atoms with Crippen LogP contribution in [0.3, 0.4) is 0 Å². The first kappa shape index (κ1) is 22.4. The van der Waals surface area contributed by atoms with Crippen molar-refractivity contribution in [2.75, 3.05) is 59.0 Å². The first-order valence-electron chi connectivity index (χ1n) is 11.5. The molecule has 8 heteroatoms. The summed E-state index contributed by atoms with van der Waals surface area (Å²) in [5, 5.41) is 4.09. The van der Waals surface area contributed by atoms with Crippen LogP contribution < -0.4 is 5.32 Å². The highest BCUT2D eigenvalue weighted by Gasteiger charge is 2.32. The molecule has 3 saturated heterocycles. The fourth-order valence-corrected chi connectivity index (χ4v) is 4.92. The quantitative estimate of drug-likeness (QED) is 0.551. The number of hydrogen-bond donors (Lipinski definition) is 1. The normalized spacial score (nSPS) is 24.9. The van der Waals surface area contributed by atoms with E-state index in [2.05, 4.69) is 22.0 Å². The zero-order valence-electron chi connectivity index (χ0n) is 18.4. The average molecular weight is 448 g/mol. The van der Waals surface area contributed by atoms with Gasteiger partial charge in [-0.05, 0) is 44.0 Å². The lowest BCUT2D eigenvalue weighted by atomic mass is 10.1. The first-order chi connectivity index (χ1) is 15.1. The summed E-state index contributed by atoms with van der Waals surface area (Å²) in [5.41, 5.74) is 0.961. The number of amides is 1. The molecule has 1 amide bonds. The van der Waals surface area contributed by atoms with Crippen molar-refractivity contribution in [3.8, 4) is 0 Å². The maximum absolute atomic E-state index is 12.7. The van der Waals surface area contributed by atoms with E-state index in [9.17, 15) is 4.79 Å². The molecule has 2 unspecified atom stereocenters. The van der Waals surface area contributed by atoms with Crippen LogP contribution >= 0.6 is 11.6 Å². The largest absolute Gasteiger partial charge is 0.373 e. The standard InChI is InChI=1S/C23H34ClN5O2/c1-2-25-23(26-15-21-16-29-8-4-7-20(29)17-31-21)28-11-9-27(10-12-28)22(30)14-18-5-3-6-19(24)13-18/h3,5-6,13,20-21H,2,4,7-12,14-17H2,1H3,(H,25,26). The zero-order valence-corrected chi connectivity index (χ0v) is 19.2. The van der Waals surface area contributed by atoms with Gasteiger partial charge in [0.1, 0.15) is 0 Å². The van der Waals surface area contributed by atoms with Crippen molar-refractivity contribution >= 4 is 23.5 Å². The number of morpholine rings is 1. The molecule has 3 aliphatic heterocycles. The smallest absolute Gasteiger partial charge is 0.227 e. The van der Waals surface area contributed by atoms with Crippen molar-refractivity contribution in [3.05, 3.63) is 34.9 Å². The maximum atomic E-state index is 12.7. The number of aliphatic imine (C=N–C) groups is 1. The Kier molecular flexibility index (Phi) is 7.69. The van der Waals surface area contributed by atoms with E-state index in [0.29, 0.717) is 37.1 Å². The number of fused-ring (bicyclic) bond motifs is 1. The second kappa shape index (κ2) is 10.7. The average Bonchev–Trinajstić information content (AvgIpc) is 3.25. The van der Waals surface area contributed by atoms with Crippen LogP contribution in [0.15, 0.2) is 29.3 Å². The molecule has 1 aromatic carbocycles. The Balaban J connectivity index is 1.28. The summed E-state index contributed by atoms with van der Waals surface area (Å²) in [6.07, 6.45) is 3.11. The highest BCUT2D eigenvalue weighted by Crippen LogP contribution is 2.22. The van der Waals surface area contributed by atoms with Crippen molar-refractivity contribution in [1.82, 2.24) is 20.0 Å². The van der Waals surface area contributed by atoms with Gasteiger partial charge in [0.2, 0.25) is 5.91 Å². The zero-order chi connectivity index (χ0) is 21.6. The number of halogens is 1. The second-order valence-electron chi connectivity index (χ2n) is 8.62. The molecule has 0 bridgehead atoms. The predicted molar refractivity (Wildman–Crippen MR) is 124 cm³/mol. The van der Waals surface area contributed by atoms with Gasteiger partial charge in [-0.25, -0.2) is 0 Å². The third-order valence-electron chi connectivity index (χ3n) is 6.42. The Hall–Kier alpha value is -1.83. The van der Waals surface area contributed by atoms with Crippen LogP contribution in [0.4, 0.5) is 0 Å². The minimum absolute atomic E-state index is 0.152. The number of ether oxygens (including phenoxy) is 1. The molecule has 0 saturated carbocycles. The summed E-state index contributed by atoms with van der Waals surface area (Å²) in [7, 11) is 0. The Morgan fingerprint density at radius 3 is 2.81 bits per heavy atom. The maximum Gasteiger partial charge on any atom is 0.227 e. The van der Waals surface area contributed by atoms with E-state index in [-0.39, 0.29) is 12.0 Å². The minimum atomic E-state index is 0.152. The van der Waals surface area contributed by atoms with E-state index in [0.717, 1.165) is 44.3 Å². The number of carbonyl (C=O) groups is 1. The van der Waals surface area contributed by atoms with Crippen LogP contribution in [0.5, 0.6) is 0 Å². The molecule has 1 N–H and O–H groups in total. The van der Waals surface area contributed by atoms with Crippen molar-refractivity contribution in [1.29, 1.82) is 0 Å². The summed E-state index contributed by atoms with van der Waals surface area (Å²) in [5.74, 6) is 1.08. The molecule has 170 valence electrons. The molecular formula is C23H34ClN5O2. The first-order valence-corrected chi connectivity index (χ1v) is 11.9. The van der Waals surface area contributed by atoms with Crippen LogP contribution in [-0.4, -0.2) is 97.7 Å². The van der Waals surface area contributed by atoms with E-state index >= 15 is 0 Å². The molecule has 0 aromatic heterocycles. The van der Waals surface area contributed by atoms with Gasteiger partial charge in [0.05, 0.1) is 25.7 Å². The van der Waals surface area contributed by atoms with Gasteiger partial charge in [-0.15, -0.1) is 0 Å². The second-order valence-corrected chi connectivity index (χ2v) is 9.05. The van der Waals surface area contributed by atoms with Gasteiger partial charge in [-0.3, -0.25) is 14.7 Å². The fraction of sp³-hybridized carbons (Fsp3) is 0.652. The van der Waals surface area contributed by atoms with Crippen LogP contribution in [0.2, 0.25) is 5.02 Å². The number of nitrogens with one attached hydrogen (secondary N) is 1. The molecule has 3 aliphatic rings. The molecule has 3 heterocycles. The van der Waals surface area contributed by atoms with Crippen molar-refractivity contribution in [3.63, 3.8) is 0 Å². The molecule has 7 nitrogen and oxygen atoms in total. The molecule has 0 radical (unpaired) electrons. The topological polar surface area (TPSA) is 60.4 Å². The number of piperazine rings is 1. The monoisotopic (exact) mass is 447 g/mol. The Morgan fingerprint density at radius 2 is 2.03 bits per heavy atom. The molecular weight excluding hydrogens is 414 g/mol. The van der Waals surface area contributed by atoms with E-state index in [1.165, 1.54) is 19.4 Å². The summed E-state index contributed by atoms with van der Waals surface area (Å²) < 4.78 is 6.06. The lowest BCUT2D eigenvalue weighted by Gasteiger charge is -2.37. The highest BCUT2D eigenvalue weighted by molar-refractivity contribution is 6.30. The summed E-state index contributed by atoms with van der Waals surface area (Å²) in [6.45, 7) is 9.60. The third kappa shape index (κ3) is 5.90. The highest BCUT2D eigenvalue weighted by atomic mass is 35.5. The molecule has 4 rings (SSSR count). The Morgan fingerprint density at radius 1 is 1.23 bits per heavy atom. The van der Waals surface area contributed by atoms with Gasteiger partial charge in [-0.1, -0.05) is 23.7 Å². The molecule has 1 aromatic rings. The lowest BCUT2D eigenvalue weighted by molar-refractivity contribution is -0.131. The predicted octanol–water partition coefficient (Wildman–Crippen LogP) is 1.86. The Bertz CT molecular complexity index is 781. The van der Waals surface area contributed by atoms with Gasteiger partial charge in [0.15, 0.2) is 5.96 Å². The van der Waals surface area contributed by atoms with Crippen molar-refractivity contribution in [2.45, 2.75) is 38.3 Å². The van der Waals surface area contributed by atoms with Gasteiger partial charge in [0, 0.05) is 50.3 Å². The SMILES string of the molecule is CCNC(=NCC1CN2CCCC2CO1)N1CCN(C(=O)Cc2cccc(Cl)c2)CC1. The Labute approximate surface area is 190 Å². The van der Waals surface area contributed by atoms with Gasteiger partial charge < -0.3 is 19.9 Å². The van der Waals surface area contributed by atoms with Crippen LogP contribution in [0.25, 0.3) is 0 Å². The molecule has 2 atom stereocenters. The van der Waals surface area contributed by atoms with Crippen molar-refractivity contribution in [2.24, 2.45) is 4.99 Å². The van der Waals surface area contributed by atoms with E-state index < -0.39 is 0 Å². The number of hydrogen-bond acceptors (Lipinski definition) is 4. The van der Waals surface area contributed by atoms with Crippen LogP contribution in [0.1, 0.15) is 25.3 Å². The molecule has 3 fully saturated rings. The number of nitrogens with zero attached hydrogens (tertiary/aromatic N) is 4. The van der Waals surface area contributed by atoms with Gasteiger partial charge in [0.25, 0.3) is 0 Å². The van der Waals surface area contributed by atoms with Crippen molar-refractivity contribution < 1.29 is 9.53 Å². The summed E-state index contributed by atoms with van der Waals surface area (Å²) in [4.78, 5) is 24.3. The summed E-state index contributed by atoms with van der Waals surface area (Å²) >= 11 is 6.05. The summed E-state index contributed by atoms with van der Waals surface area (Å²) in [6, 6.07) is 8.15. The van der Waals surface area contributed by atoms with E-state index in [1.54, 1.807) is 0 Å².